The summed E-state index contributed by atoms with van der Waals surface area (Å²) in [6, 6.07) is 6.92. The second-order valence-corrected chi connectivity index (χ2v) is 14.0. The minimum atomic E-state index is -1.47. The summed E-state index contributed by atoms with van der Waals surface area (Å²) in [5.41, 5.74) is -0.764. The average molecular weight is 679 g/mol. The van der Waals surface area contributed by atoms with Gasteiger partial charge >= 0.3 is 5.97 Å². The molecule has 3 amide bonds. The zero-order chi connectivity index (χ0) is 34.7. The Balaban J connectivity index is 1.40. The number of rotatable bonds is 8. The molecule has 3 saturated heterocycles. The quantitative estimate of drug-likeness (QED) is 0.312. The number of aliphatic hydroxyl groups is 1. The lowest BCUT2D eigenvalue weighted by Gasteiger charge is -2.40. The number of carbonyl (C=O) groups is 4. The molecule has 6 rings (SSSR count). The number of benzene rings is 1. The van der Waals surface area contributed by atoms with Gasteiger partial charge in [0.15, 0.2) is 0 Å². The second-order valence-electron chi connectivity index (χ2n) is 14.0. The Bertz CT molecular complexity index is 1430. The molecule has 49 heavy (non-hydrogen) atoms. The Morgan fingerprint density at radius 2 is 1.80 bits per heavy atom. The van der Waals surface area contributed by atoms with Crippen LogP contribution in [0.5, 0.6) is 0 Å². The maximum absolute atomic E-state index is 14.9. The normalized spacial score (nSPS) is 34.4. The molecule has 5 heterocycles. The second kappa shape index (κ2) is 15.1. The third-order valence-electron chi connectivity index (χ3n) is 11.0. The van der Waals surface area contributed by atoms with Crippen LogP contribution in [-0.2, 0) is 33.4 Å². The van der Waals surface area contributed by atoms with Gasteiger partial charge in [-0.15, -0.1) is 0 Å². The maximum atomic E-state index is 14.9. The molecule has 1 aromatic carbocycles. The van der Waals surface area contributed by atoms with E-state index in [4.69, 9.17) is 14.2 Å². The fourth-order valence-corrected chi connectivity index (χ4v) is 8.15. The van der Waals surface area contributed by atoms with Gasteiger partial charge in [-0.25, -0.2) is 0 Å². The van der Waals surface area contributed by atoms with E-state index in [1.165, 1.54) is 4.90 Å². The van der Waals surface area contributed by atoms with Crippen molar-refractivity contribution in [1.29, 1.82) is 0 Å². The highest BCUT2D eigenvalue weighted by atomic mass is 16.6. The Morgan fingerprint density at radius 3 is 2.51 bits per heavy atom. The molecule has 0 saturated carbocycles. The van der Waals surface area contributed by atoms with Crippen molar-refractivity contribution in [3.63, 3.8) is 0 Å². The third-order valence-corrected chi connectivity index (χ3v) is 11.0. The minimum Gasteiger partial charge on any atom is -0.455 e. The summed E-state index contributed by atoms with van der Waals surface area (Å²) < 4.78 is 18.6. The van der Waals surface area contributed by atoms with Crippen LogP contribution in [0.15, 0.2) is 54.6 Å². The highest BCUT2D eigenvalue weighted by Gasteiger charge is 2.72. The van der Waals surface area contributed by atoms with E-state index in [2.05, 4.69) is 10.2 Å². The highest BCUT2D eigenvalue weighted by Crippen LogP contribution is 2.54. The molecule has 3 fully saturated rings. The largest absolute Gasteiger partial charge is 0.455 e. The van der Waals surface area contributed by atoms with Crippen molar-refractivity contribution in [3.8, 4) is 0 Å². The summed E-state index contributed by atoms with van der Waals surface area (Å²) >= 11 is 0. The van der Waals surface area contributed by atoms with Crippen molar-refractivity contribution in [2.75, 3.05) is 52.5 Å². The first-order valence-corrected chi connectivity index (χ1v) is 17.8. The summed E-state index contributed by atoms with van der Waals surface area (Å²) in [7, 11) is 0. The number of hydrogen-bond donors (Lipinski definition) is 2. The van der Waals surface area contributed by atoms with Gasteiger partial charge in [-0.1, -0.05) is 74.9 Å². The van der Waals surface area contributed by atoms with Gasteiger partial charge in [-0.2, -0.15) is 0 Å². The SMILES string of the molecule is CC[C@H](C)[C@H](CO)N1C(=O)[C@@H]2[C@H]3C(=O)O[C@H](c4ccccc4)[C@@H](C)NC(=O)CC/C=C\[C@H]3O[C@@]23C=CCN(CCN2CCOCC2)C(=O)[C@@H]13. The van der Waals surface area contributed by atoms with Crippen LogP contribution in [0, 0.1) is 17.8 Å². The smallest absolute Gasteiger partial charge is 0.313 e. The Labute approximate surface area is 288 Å². The first kappa shape index (κ1) is 35.3. The first-order chi connectivity index (χ1) is 23.7. The van der Waals surface area contributed by atoms with Gasteiger partial charge in [-0.3, -0.25) is 24.1 Å². The monoisotopic (exact) mass is 678 g/mol. The van der Waals surface area contributed by atoms with Gasteiger partial charge in [0, 0.05) is 39.1 Å². The van der Waals surface area contributed by atoms with E-state index in [-0.39, 0.29) is 30.8 Å². The molecule has 1 aromatic rings. The average Bonchev–Trinajstić information content (AvgIpc) is 3.50. The molecule has 5 aliphatic rings. The van der Waals surface area contributed by atoms with E-state index in [9.17, 15) is 24.3 Å². The maximum Gasteiger partial charge on any atom is 0.313 e. The summed E-state index contributed by atoms with van der Waals surface area (Å²) in [5.74, 6) is -3.75. The van der Waals surface area contributed by atoms with E-state index in [1.54, 1.807) is 24.0 Å². The number of cyclic esters (lactones) is 1. The number of ether oxygens (including phenoxy) is 3. The molecule has 5 aliphatic heterocycles. The van der Waals surface area contributed by atoms with Gasteiger partial charge in [0.25, 0.3) is 0 Å². The van der Waals surface area contributed by atoms with E-state index >= 15 is 0 Å². The number of aliphatic hydroxyl groups excluding tert-OH is 1. The number of morpholine rings is 1. The van der Waals surface area contributed by atoms with Crippen molar-refractivity contribution < 1.29 is 38.5 Å². The van der Waals surface area contributed by atoms with Crippen molar-refractivity contribution in [2.24, 2.45) is 17.8 Å². The van der Waals surface area contributed by atoms with Gasteiger partial charge < -0.3 is 34.4 Å². The number of amides is 3. The lowest BCUT2D eigenvalue weighted by Crippen LogP contribution is -2.59. The molecule has 12 heteroatoms. The Morgan fingerprint density at radius 1 is 1.04 bits per heavy atom. The van der Waals surface area contributed by atoms with Crippen LogP contribution >= 0.6 is 0 Å². The number of fused-ring (bicyclic) bond motifs is 2. The van der Waals surface area contributed by atoms with Crippen molar-refractivity contribution in [3.05, 3.63) is 60.2 Å². The van der Waals surface area contributed by atoms with Crippen LogP contribution < -0.4 is 5.32 Å². The van der Waals surface area contributed by atoms with E-state index in [1.807, 2.05) is 56.3 Å². The molecule has 0 bridgehead atoms. The number of likely N-dealkylation sites (tertiary alicyclic amines) is 1. The summed E-state index contributed by atoms with van der Waals surface area (Å²) in [6.45, 7) is 9.67. The predicted octanol–water partition coefficient (Wildman–Crippen LogP) is 1.84. The Hall–Kier alpha value is -3.58. The van der Waals surface area contributed by atoms with E-state index in [0.29, 0.717) is 51.3 Å². The number of nitrogens with one attached hydrogen (secondary N) is 1. The van der Waals surface area contributed by atoms with Crippen LogP contribution in [-0.4, -0.2) is 126 Å². The number of hydrogen-bond acceptors (Lipinski definition) is 9. The number of nitrogens with zero attached hydrogens (tertiary/aromatic N) is 3. The van der Waals surface area contributed by atoms with Crippen LogP contribution in [0.25, 0.3) is 0 Å². The van der Waals surface area contributed by atoms with Crippen molar-refractivity contribution in [1.82, 2.24) is 20.0 Å². The van der Waals surface area contributed by atoms with Gasteiger partial charge in [0.05, 0.1) is 43.9 Å². The number of allylic oxidation sites excluding steroid dienone is 1. The van der Waals surface area contributed by atoms with E-state index in [0.717, 1.165) is 13.1 Å². The molecule has 0 aromatic heterocycles. The zero-order valence-corrected chi connectivity index (χ0v) is 28.7. The standard InChI is InChI=1S/C37H50N4O8/c1-4-24(2)27(23-42)41-33-35(45)40(18-17-39-19-21-47-22-20-39)16-10-15-37(33)31(34(41)44)30-28(49-37)13-8-9-14-29(43)38-25(3)32(48-36(30)46)26-11-6-5-7-12-26/h5-8,10-13,15,24-25,27-28,30-33,42H,4,9,14,16-23H2,1-3H3,(H,38,43)/b13-8-/t24-,25+,27-,28+,30-,31-,32-,33+,37-/m0/s1. The molecular weight excluding hydrogens is 628 g/mol. The summed E-state index contributed by atoms with van der Waals surface area (Å²) in [6.07, 6.45) is 6.81. The molecule has 0 radical (unpaired) electrons. The molecule has 266 valence electrons. The molecule has 9 atom stereocenters. The number of esters is 1. The van der Waals surface area contributed by atoms with Gasteiger partial charge in [0.1, 0.15) is 23.7 Å². The van der Waals surface area contributed by atoms with Crippen LogP contribution in [0.4, 0.5) is 0 Å². The van der Waals surface area contributed by atoms with Crippen LogP contribution in [0.2, 0.25) is 0 Å². The summed E-state index contributed by atoms with van der Waals surface area (Å²) in [4.78, 5) is 62.5. The predicted molar refractivity (Wildman–Crippen MR) is 180 cm³/mol. The fraction of sp³-hybridized carbons (Fsp3) is 0.622. The third kappa shape index (κ3) is 6.80. The van der Waals surface area contributed by atoms with E-state index < -0.39 is 59.6 Å². The Kier molecular flexibility index (Phi) is 10.9. The van der Waals surface area contributed by atoms with Gasteiger partial charge in [0.2, 0.25) is 17.7 Å². The molecular formula is C37H50N4O8. The lowest BCUT2D eigenvalue weighted by atomic mass is 9.77. The minimum absolute atomic E-state index is 0.127. The molecule has 2 N–H and O–H groups in total. The van der Waals surface area contributed by atoms with Crippen LogP contribution in [0.1, 0.15) is 51.7 Å². The zero-order valence-electron chi connectivity index (χ0n) is 28.7. The molecule has 1 spiro atoms. The summed E-state index contributed by atoms with van der Waals surface area (Å²) in [5, 5.41) is 13.7. The molecule has 0 unspecified atom stereocenters. The molecule has 0 aliphatic carbocycles. The first-order valence-electron chi connectivity index (χ1n) is 17.8. The van der Waals surface area contributed by atoms with Crippen molar-refractivity contribution in [2.45, 2.75) is 76.0 Å². The van der Waals surface area contributed by atoms with Crippen LogP contribution in [0.3, 0.4) is 0 Å². The topological polar surface area (TPSA) is 138 Å². The lowest BCUT2D eigenvalue weighted by molar-refractivity contribution is -0.162. The highest BCUT2D eigenvalue weighted by molar-refractivity contribution is 5.99. The fourth-order valence-electron chi connectivity index (χ4n) is 8.15. The molecule has 12 nitrogen and oxygen atoms in total. The van der Waals surface area contributed by atoms with Crippen molar-refractivity contribution >= 4 is 23.7 Å². The number of carbonyl (C=O) groups excluding carboxylic acids is 4. The van der Waals surface area contributed by atoms with Gasteiger partial charge in [-0.05, 0) is 24.8 Å².